The highest BCUT2D eigenvalue weighted by molar-refractivity contribution is 6.33. The molecule has 0 saturated carbocycles. The third kappa shape index (κ3) is 3.64. The van der Waals surface area contributed by atoms with Crippen LogP contribution in [0, 0.1) is 11.3 Å². The number of nitrogens with zero attached hydrogens (tertiary/aromatic N) is 1. The summed E-state index contributed by atoms with van der Waals surface area (Å²) >= 11 is 6.06. The third-order valence-corrected chi connectivity index (χ3v) is 3.08. The monoisotopic (exact) mass is 272 g/mol. The van der Waals surface area contributed by atoms with E-state index in [1.54, 1.807) is 30.3 Å². The molecule has 0 aromatic heterocycles. The van der Waals surface area contributed by atoms with Crippen LogP contribution < -0.4 is 5.32 Å². The van der Waals surface area contributed by atoms with Crippen molar-refractivity contribution in [2.75, 3.05) is 11.9 Å². The van der Waals surface area contributed by atoms with Crippen molar-refractivity contribution in [3.05, 3.63) is 58.6 Å². The second-order valence-corrected chi connectivity index (χ2v) is 4.56. The van der Waals surface area contributed by atoms with Crippen LogP contribution in [0.2, 0.25) is 5.02 Å². The van der Waals surface area contributed by atoms with Gasteiger partial charge in [0.25, 0.3) is 0 Å². The van der Waals surface area contributed by atoms with Gasteiger partial charge in [0.2, 0.25) is 0 Å². The van der Waals surface area contributed by atoms with E-state index in [1.165, 1.54) is 0 Å². The smallest absolute Gasteiger partial charge is 0.115 e. The van der Waals surface area contributed by atoms with E-state index in [1.807, 2.05) is 18.2 Å². The predicted molar refractivity (Wildman–Crippen MR) is 76.5 cm³/mol. The van der Waals surface area contributed by atoms with E-state index in [0.29, 0.717) is 10.6 Å². The summed E-state index contributed by atoms with van der Waals surface area (Å²) in [6.45, 7) is 0.733. The molecule has 19 heavy (non-hydrogen) atoms. The second kappa shape index (κ2) is 6.12. The number of halogens is 1. The Bertz CT molecular complexity index is 603. The molecule has 96 valence electrons. The summed E-state index contributed by atoms with van der Waals surface area (Å²) in [5.74, 6) is 0.270. The van der Waals surface area contributed by atoms with Crippen LogP contribution in [0.25, 0.3) is 0 Å². The van der Waals surface area contributed by atoms with E-state index in [9.17, 15) is 5.11 Å². The number of nitriles is 1. The molecular weight excluding hydrogens is 260 g/mol. The van der Waals surface area contributed by atoms with Crippen molar-refractivity contribution in [3.8, 4) is 11.8 Å². The molecule has 0 aliphatic rings. The number of benzene rings is 2. The first-order chi connectivity index (χ1) is 9.19. The van der Waals surface area contributed by atoms with Gasteiger partial charge in [-0.3, -0.25) is 0 Å². The van der Waals surface area contributed by atoms with Crippen molar-refractivity contribution < 1.29 is 5.11 Å². The lowest BCUT2D eigenvalue weighted by Crippen LogP contribution is -2.05. The van der Waals surface area contributed by atoms with Crippen molar-refractivity contribution in [3.63, 3.8) is 0 Å². The van der Waals surface area contributed by atoms with E-state index < -0.39 is 0 Å². The van der Waals surface area contributed by atoms with Crippen LogP contribution in [-0.2, 0) is 6.42 Å². The molecule has 0 bridgehead atoms. The molecule has 0 unspecified atom stereocenters. The maximum atomic E-state index is 9.19. The Morgan fingerprint density at radius 3 is 2.53 bits per heavy atom. The molecule has 0 amide bonds. The maximum absolute atomic E-state index is 9.19. The molecule has 2 N–H and O–H groups in total. The Morgan fingerprint density at radius 2 is 1.89 bits per heavy atom. The number of phenols is 1. The van der Waals surface area contributed by atoms with Gasteiger partial charge in [-0.1, -0.05) is 23.7 Å². The molecule has 0 fully saturated rings. The van der Waals surface area contributed by atoms with Gasteiger partial charge in [0, 0.05) is 6.54 Å². The molecule has 0 aliphatic carbocycles. The Morgan fingerprint density at radius 1 is 1.16 bits per heavy atom. The molecule has 3 nitrogen and oxygen atoms in total. The number of phenolic OH excluding ortho intramolecular Hbond substituents is 1. The summed E-state index contributed by atoms with van der Waals surface area (Å²) in [7, 11) is 0. The highest BCUT2D eigenvalue weighted by Gasteiger charge is 2.01. The molecule has 4 heteroatoms. The van der Waals surface area contributed by atoms with Gasteiger partial charge in [-0.05, 0) is 42.3 Å². The fourth-order valence-corrected chi connectivity index (χ4v) is 1.98. The zero-order valence-corrected chi connectivity index (χ0v) is 11.0. The number of anilines is 1. The van der Waals surface area contributed by atoms with E-state index in [0.717, 1.165) is 24.2 Å². The number of rotatable bonds is 4. The number of nitrogens with one attached hydrogen (secondary N) is 1. The molecule has 2 rings (SSSR count). The minimum absolute atomic E-state index is 0.270. The molecule has 0 saturated heterocycles. The van der Waals surface area contributed by atoms with Crippen LogP contribution in [0.5, 0.6) is 5.75 Å². The first-order valence-corrected chi connectivity index (χ1v) is 6.28. The van der Waals surface area contributed by atoms with Gasteiger partial charge >= 0.3 is 0 Å². The van der Waals surface area contributed by atoms with Crippen molar-refractivity contribution >= 4 is 17.3 Å². The third-order valence-electron chi connectivity index (χ3n) is 2.76. The first kappa shape index (κ1) is 13.3. The molecule has 2 aromatic carbocycles. The lowest BCUT2D eigenvalue weighted by molar-refractivity contribution is 0.475. The van der Waals surface area contributed by atoms with Gasteiger partial charge < -0.3 is 10.4 Å². The summed E-state index contributed by atoms with van der Waals surface area (Å²) in [6, 6.07) is 14.3. The highest BCUT2D eigenvalue weighted by atomic mass is 35.5. The minimum Gasteiger partial charge on any atom is -0.508 e. The fourth-order valence-electron chi connectivity index (χ4n) is 1.73. The largest absolute Gasteiger partial charge is 0.508 e. The normalized spacial score (nSPS) is 9.89. The number of hydrogen-bond donors (Lipinski definition) is 2. The summed E-state index contributed by atoms with van der Waals surface area (Å²) in [5, 5.41) is 21.7. The van der Waals surface area contributed by atoms with E-state index in [-0.39, 0.29) is 5.75 Å². The van der Waals surface area contributed by atoms with E-state index >= 15 is 0 Å². The van der Waals surface area contributed by atoms with Gasteiger partial charge in [-0.25, -0.2) is 0 Å². The van der Waals surface area contributed by atoms with Crippen LogP contribution in [0.4, 0.5) is 5.69 Å². The summed E-state index contributed by atoms with van der Waals surface area (Å²) in [5.41, 5.74) is 2.50. The lowest BCUT2D eigenvalue weighted by Gasteiger charge is -2.08. The van der Waals surface area contributed by atoms with Crippen molar-refractivity contribution in [1.29, 1.82) is 5.26 Å². The van der Waals surface area contributed by atoms with Crippen molar-refractivity contribution in [1.82, 2.24) is 0 Å². The van der Waals surface area contributed by atoms with Crippen LogP contribution in [0.3, 0.4) is 0 Å². The molecule has 2 aromatic rings. The Balaban J connectivity index is 1.92. The van der Waals surface area contributed by atoms with Crippen LogP contribution in [0.15, 0.2) is 42.5 Å². The Labute approximate surface area is 117 Å². The number of hydrogen-bond acceptors (Lipinski definition) is 3. The summed E-state index contributed by atoms with van der Waals surface area (Å²) in [6.07, 6.45) is 0.830. The highest BCUT2D eigenvalue weighted by Crippen LogP contribution is 2.22. The topological polar surface area (TPSA) is 56.0 Å². The molecule has 0 aliphatic heterocycles. The Kier molecular flexibility index (Phi) is 4.27. The molecular formula is C15H13ClN2O. The first-order valence-electron chi connectivity index (χ1n) is 5.90. The van der Waals surface area contributed by atoms with Crippen LogP contribution >= 0.6 is 11.6 Å². The lowest BCUT2D eigenvalue weighted by atomic mass is 10.1. The quantitative estimate of drug-likeness (QED) is 0.894. The van der Waals surface area contributed by atoms with Gasteiger partial charge in [0.1, 0.15) is 5.75 Å². The predicted octanol–water partition coefficient (Wildman–Crippen LogP) is 3.57. The van der Waals surface area contributed by atoms with E-state index in [4.69, 9.17) is 16.9 Å². The van der Waals surface area contributed by atoms with Crippen LogP contribution in [0.1, 0.15) is 11.1 Å². The standard InChI is InChI=1S/C15H13ClN2O/c16-14-9-12(10-17)3-6-15(14)18-8-7-11-1-4-13(19)5-2-11/h1-6,9,18-19H,7-8H2. The molecule has 0 atom stereocenters. The summed E-state index contributed by atoms with van der Waals surface area (Å²) in [4.78, 5) is 0. The van der Waals surface area contributed by atoms with Gasteiger partial charge in [0.05, 0.1) is 22.3 Å². The number of aromatic hydroxyl groups is 1. The second-order valence-electron chi connectivity index (χ2n) is 4.15. The maximum Gasteiger partial charge on any atom is 0.115 e. The van der Waals surface area contributed by atoms with Gasteiger partial charge in [-0.15, -0.1) is 0 Å². The Hall–Kier alpha value is -2.18. The molecule has 0 spiro atoms. The fraction of sp³-hybridized carbons (Fsp3) is 0.133. The SMILES string of the molecule is N#Cc1ccc(NCCc2ccc(O)cc2)c(Cl)c1. The average molecular weight is 273 g/mol. The van der Waals surface area contributed by atoms with Crippen molar-refractivity contribution in [2.24, 2.45) is 0 Å². The summed E-state index contributed by atoms with van der Waals surface area (Å²) < 4.78 is 0. The zero-order chi connectivity index (χ0) is 13.7. The van der Waals surface area contributed by atoms with Gasteiger partial charge in [-0.2, -0.15) is 5.26 Å². The molecule has 0 heterocycles. The minimum atomic E-state index is 0.270. The molecule has 0 radical (unpaired) electrons. The van der Waals surface area contributed by atoms with Gasteiger partial charge in [0.15, 0.2) is 0 Å². The van der Waals surface area contributed by atoms with Crippen LogP contribution in [-0.4, -0.2) is 11.7 Å². The van der Waals surface area contributed by atoms with E-state index in [2.05, 4.69) is 5.32 Å². The zero-order valence-electron chi connectivity index (χ0n) is 10.2. The average Bonchev–Trinajstić information content (AvgIpc) is 2.42. The van der Waals surface area contributed by atoms with Crippen molar-refractivity contribution in [2.45, 2.75) is 6.42 Å².